The molecule has 1 aliphatic heterocycles. The molecule has 28 heavy (non-hydrogen) atoms. The van der Waals surface area contributed by atoms with E-state index in [1.165, 1.54) is 0 Å². The fourth-order valence-corrected chi connectivity index (χ4v) is 3.57. The first-order valence-corrected chi connectivity index (χ1v) is 9.65. The molecule has 1 heterocycles. The fraction of sp³-hybridized carbons (Fsp3) is 0.364. The second-order valence-electron chi connectivity index (χ2n) is 8.10. The zero-order valence-corrected chi connectivity index (χ0v) is 17.3. The first kappa shape index (κ1) is 20.2. The molecule has 0 unspecified atom stereocenters. The second kappa shape index (κ2) is 7.47. The maximum Gasteiger partial charge on any atom is 0.408 e. The van der Waals surface area contributed by atoms with Gasteiger partial charge < -0.3 is 15.0 Å². The van der Waals surface area contributed by atoms with Crippen molar-refractivity contribution < 1.29 is 14.3 Å². The summed E-state index contributed by atoms with van der Waals surface area (Å²) in [6.45, 7) is 7.60. The SMILES string of the molecule is CC(C)(C)OC(=O)N[C@](C)(C(=O)N1CCc2cc(Cl)ccc21)c1ccccc1. The van der Waals surface area contributed by atoms with E-state index in [1.807, 2.05) is 42.5 Å². The number of hydrogen-bond donors (Lipinski definition) is 1. The Labute approximate surface area is 170 Å². The summed E-state index contributed by atoms with van der Waals surface area (Å²) in [4.78, 5) is 27.9. The van der Waals surface area contributed by atoms with Crippen molar-refractivity contribution in [3.8, 4) is 0 Å². The predicted molar refractivity (Wildman–Crippen MR) is 111 cm³/mol. The molecular formula is C22H25ClN2O3. The van der Waals surface area contributed by atoms with Crippen LogP contribution in [0, 0.1) is 0 Å². The molecule has 5 nitrogen and oxygen atoms in total. The van der Waals surface area contributed by atoms with Crippen molar-refractivity contribution in [2.75, 3.05) is 11.4 Å². The zero-order chi connectivity index (χ0) is 20.5. The quantitative estimate of drug-likeness (QED) is 0.814. The summed E-state index contributed by atoms with van der Waals surface area (Å²) >= 11 is 6.09. The average molecular weight is 401 g/mol. The number of carbonyl (C=O) groups is 2. The number of nitrogens with one attached hydrogen (secondary N) is 1. The lowest BCUT2D eigenvalue weighted by molar-refractivity contribution is -0.124. The summed E-state index contributed by atoms with van der Waals surface area (Å²) in [6, 6.07) is 14.7. The van der Waals surface area contributed by atoms with E-state index in [1.54, 1.807) is 38.7 Å². The molecule has 0 bridgehead atoms. The van der Waals surface area contributed by atoms with Gasteiger partial charge in [-0.2, -0.15) is 0 Å². The molecule has 0 aliphatic carbocycles. The van der Waals surface area contributed by atoms with Crippen LogP contribution in [0.1, 0.15) is 38.8 Å². The Hall–Kier alpha value is -2.53. The highest BCUT2D eigenvalue weighted by Gasteiger charge is 2.43. The summed E-state index contributed by atoms with van der Waals surface area (Å²) in [5.41, 5.74) is 0.594. The molecule has 1 N–H and O–H groups in total. The van der Waals surface area contributed by atoms with Crippen LogP contribution in [-0.2, 0) is 21.5 Å². The minimum atomic E-state index is -1.27. The van der Waals surface area contributed by atoms with Gasteiger partial charge in [-0.15, -0.1) is 0 Å². The third kappa shape index (κ3) is 4.14. The van der Waals surface area contributed by atoms with Gasteiger partial charge in [0.25, 0.3) is 5.91 Å². The van der Waals surface area contributed by atoms with Crippen LogP contribution >= 0.6 is 11.6 Å². The van der Waals surface area contributed by atoms with Gasteiger partial charge in [0.1, 0.15) is 11.1 Å². The van der Waals surface area contributed by atoms with Crippen LogP contribution in [0.3, 0.4) is 0 Å². The molecule has 6 heteroatoms. The number of halogens is 1. The molecule has 3 rings (SSSR count). The fourth-order valence-electron chi connectivity index (χ4n) is 3.38. The van der Waals surface area contributed by atoms with Gasteiger partial charge in [0.05, 0.1) is 0 Å². The molecule has 0 fully saturated rings. The number of benzene rings is 2. The molecule has 2 amide bonds. The number of alkyl carbamates (subject to hydrolysis) is 1. The van der Waals surface area contributed by atoms with E-state index >= 15 is 0 Å². The minimum absolute atomic E-state index is 0.217. The average Bonchev–Trinajstić information content (AvgIpc) is 3.02. The predicted octanol–water partition coefficient (Wildman–Crippen LogP) is 4.67. The Bertz CT molecular complexity index is 892. The Kier molecular flexibility index (Phi) is 5.39. The number of anilines is 1. The van der Waals surface area contributed by atoms with Gasteiger partial charge in [-0.25, -0.2) is 4.79 Å². The lowest BCUT2D eigenvalue weighted by atomic mass is 9.90. The van der Waals surface area contributed by atoms with Gasteiger partial charge in [-0.05, 0) is 63.4 Å². The van der Waals surface area contributed by atoms with E-state index in [-0.39, 0.29) is 5.91 Å². The van der Waals surface area contributed by atoms with Crippen LogP contribution in [0.2, 0.25) is 5.02 Å². The summed E-state index contributed by atoms with van der Waals surface area (Å²) in [5.74, 6) is -0.217. The smallest absolute Gasteiger partial charge is 0.408 e. The van der Waals surface area contributed by atoms with E-state index in [2.05, 4.69) is 5.32 Å². The topological polar surface area (TPSA) is 58.6 Å². The molecule has 2 aromatic carbocycles. The molecule has 148 valence electrons. The van der Waals surface area contributed by atoms with Crippen molar-refractivity contribution in [2.24, 2.45) is 0 Å². The molecule has 0 radical (unpaired) electrons. The highest BCUT2D eigenvalue weighted by Crippen LogP contribution is 2.34. The number of rotatable bonds is 3. The number of fused-ring (bicyclic) bond motifs is 1. The van der Waals surface area contributed by atoms with Crippen LogP contribution in [0.25, 0.3) is 0 Å². The van der Waals surface area contributed by atoms with Crippen molar-refractivity contribution in [1.82, 2.24) is 5.32 Å². The number of carbonyl (C=O) groups excluding carboxylic acids is 2. The van der Waals surface area contributed by atoms with Crippen molar-refractivity contribution in [3.05, 3.63) is 64.7 Å². The van der Waals surface area contributed by atoms with E-state index in [4.69, 9.17) is 16.3 Å². The van der Waals surface area contributed by atoms with Crippen LogP contribution in [0.4, 0.5) is 10.5 Å². The van der Waals surface area contributed by atoms with Crippen LogP contribution in [0.15, 0.2) is 48.5 Å². The summed E-state index contributed by atoms with van der Waals surface area (Å²) in [6.07, 6.45) is 0.0848. The van der Waals surface area contributed by atoms with E-state index in [0.717, 1.165) is 17.7 Å². The van der Waals surface area contributed by atoms with Crippen molar-refractivity contribution in [3.63, 3.8) is 0 Å². The summed E-state index contributed by atoms with van der Waals surface area (Å²) < 4.78 is 5.41. The lowest BCUT2D eigenvalue weighted by Gasteiger charge is -2.34. The number of hydrogen-bond acceptors (Lipinski definition) is 3. The lowest BCUT2D eigenvalue weighted by Crippen LogP contribution is -2.56. The third-order valence-electron chi connectivity index (χ3n) is 4.71. The van der Waals surface area contributed by atoms with Crippen LogP contribution < -0.4 is 10.2 Å². The first-order valence-electron chi connectivity index (χ1n) is 9.27. The molecule has 2 aromatic rings. The standard InChI is InChI=1S/C22H25ClN2O3/c1-21(2,3)28-20(27)24-22(4,16-8-6-5-7-9-16)19(26)25-13-12-15-14-17(23)10-11-18(15)25/h5-11,14H,12-13H2,1-4H3,(H,24,27)/t22-/m0/s1. The molecule has 0 saturated carbocycles. The summed E-state index contributed by atoms with van der Waals surface area (Å²) in [7, 11) is 0. The van der Waals surface area contributed by atoms with Crippen molar-refractivity contribution in [2.45, 2.75) is 45.3 Å². The van der Waals surface area contributed by atoms with Gasteiger partial charge in [0.2, 0.25) is 0 Å². The van der Waals surface area contributed by atoms with E-state index < -0.39 is 17.2 Å². The van der Waals surface area contributed by atoms with Gasteiger partial charge in [-0.1, -0.05) is 41.9 Å². The van der Waals surface area contributed by atoms with Gasteiger partial charge >= 0.3 is 6.09 Å². The van der Waals surface area contributed by atoms with Crippen LogP contribution in [-0.4, -0.2) is 24.1 Å². The normalized spacial score (nSPS) is 15.5. The minimum Gasteiger partial charge on any atom is -0.444 e. The number of amides is 2. The number of nitrogens with zero attached hydrogens (tertiary/aromatic N) is 1. The van der Waals surface area contributed by atoms with Gasteiger partial charge in [-0.3, -0.25) is 4.79 Å². The Balaban J connectivity index is 1.96. The first-order chi connectivity index (χ1) is 13.1. The molecule has 1 aliphatic rings. The molecule has 0 spiro atoms. The Morgan fingerprint density at radius 2 is 1.75 bits per heavy atom. The number of ether oxygens (including phenoxy) is 1. The highest BCUT2D eigenvalue weighted by atomic mass is 35.5. The summed E-state index contributed by atoms with van der Waals surface area (Å²) in [5, 5.41) is 3.45. The third-order valence-corrected chi connectivity index (χ3v) is 4.95. The zero-order valence-electron chi connectivity index (χ0n) is 16.6. The largest absolute Gasteiger partial charge is 0.444 e. The van der Waals surface area contributed by atoms with Gasteiger partial charge in [0, 0.05) is 17.3 Å². The maximum absolute atomic E-state index is 13.6. The van der Waals surface area contributed by atoms with E-state index in [0.29, 0.717) is 17.1 Å². The molecule has 0 saturated heterocycles. The molecule has 0 aromatic heterocycles. The monoisotopic (exact) mass is 400 g/mol. The highest BCUT2D eigenvalue weighted by molar-refractivity contribution is 6.30. The van der Waals surface area contributed by atoms with E-state index in [9.17, 15) is 9.59 Å². The van der Waals surface area contributed by atoms with Crippen molar-refractivity contribution >= 4 is 29.3 Å². The van der Waals surface area contributed by atoms with Gasteiger partial charge in [0.15, 0.2) is 0 Å². The molecule has 1 atom stereocenters. The Morgan fingerprint density at radius 3 is 2.39 bits per heavy atom. The van der Waals surface area contributed by atoms with Crippen LogP contribution in [0.5, 0.6) is 0 Å². The second-order valence-corrected chi connectivity index (χ2v) is 8.53. The maximum atomic E-state index is 13.6. The van der Waals surface area contributed by atoms with Crippen molar-refractivity contribution in [1.29, 1.82) is 0 Å². The molecular weight excluding hydrogens is 376 g/mol. The Morgan fingerprint density at radius 1 is 1.07 bits per heavy atom.